The zero-order valence-corrected chi connectivity index (χ0v) is 21.8. The van der Waals surface area contributed by atoms with Crippen molar-refractivity contribution in [2.24, 2.45) is 10.9 Å². The number of hydrogen-bond donors (Lipinski definition) is 1. The molecular formula is C27H26ClF2N5O3. The van der Waals surface area contributed by atoms with Crippen LogP contribution in [0.3, 0.4) is 0 Å². The second-order valence-electron chi connectivity index (χ2n) is 9.28. The first kappa shape index (κ1) is 27.3. The van der Waals surface area contributed by atoms with Gasteiger partial charge in [-0.1, -0.05) is 18.2 Å². The fourth-order valence-corrected chi connectivity index (χ4v) is 3.93. The molecular weight excluding hydrogens is 516 g/mol. The van der Waals surface area contributed by atoms with E-state index in [-0.39, 0.29) is 29.0 Å². The zero-order valence-electron chi connectivity index (χ0n) is 21.1. The Morgan fingerprint density at radius 3 is 2.79 bits per heavy atom. The predicted molar refractivity (Wildman–Crippen MR) is 141 cm³/mol. The minimum atomic E-state index is -1.10. The number of aryl methyl sites for hydroxylation is 1. The van der Waals surface area contributed by atoms with Gasteiger partial charge in [-0.2, -0.15) is 0 Å². The van der Waals surface area contributed by atoms with E-state index < -0.39 is 22.8 Å². The Morgan fingerprint density at radius 2 is 2.11 bits per heavy atom. The maximum absolute atomic E-state index is 13.8. The van der Waals surface area contributed by atoms with Gasteiger partial charge in [0.1, 0.15) is 34.5 Å². The van der Waals surface area contributed by atoms with Crippen molar-refractivity contribution in [1.29, 1.82) is 0 Å². The number of nitrogens with zero attached hydrogens (tertiary/aromatic N) is 5. The summed E-state index contributed by atoms with van der Waals surface area (Å²) in [7, 11) is 0. The van der Waals surface area contributed by atoms with Gasteiger partial charge in [-0.15, -0.1) is 0 Å². The molecule has 3 aromatic rings. The average Bonchev–Trinajstić information content (AvgIpc) is 3.74. The lowest BCUT2D eigenvalue weighted by molar-refractivity contribution is 0.0238. The van der Waals surface area contributed by atoms with Crippen molar-refractivity contribution in [3.8, 4) is 5.75 Å². The highest BCUT2D eigenvalue weighted by Gasteiger charge is 2.43. The van der Waals surface area contributed by atoms with E-state index in [2.05, 4.69) is 26.5 Å². The first-order valence-electron chi connectivity index (χ1n) is 11.8. The van der Waals surface area contributed by atoms with Gasteiger partial charge in [-0.3, -0.25) is 19.3 Å². The second-order valence-corrected chi connectivity index (χ2v) is 9.65. The Balaban J connectivity index is 1.49. The van der Waals surface area contributed by atoms with E-state index in [1.165, 1.54) is 16.8 Å². The van der Waals surface area contributed by atoms with E-state index in [9.17, 15) is 18.7 Å². The zero-order chi connectivity index (χ0) is 27.6. The standard InChI is InChI=1S/C27H26ClF2N5O3/c1-15(11-32-17(3)21-7-8-31-26(34-21)27(4,37)18-5-6-18)13-35-16(2)9-23(24(28)25(35)36)38-14-22-20(30)10-19(29)12-33-22/h7-13,18,37H,3,5-6,14H2,1-2,4H3/b15-13+,32-11?/t27-/m0/s1. The summed E-state index contributed by atoms with van der Waals surface area (Å²) in [5.41, 5.74) is 0.166. The van der Waals surface area contributed by atoms with Gasteiger partial charge in [0.25, 0.3) is 5.56 Å². The largest absolute Gasteiger partial charge is 0.485 e. The van der Waals surface area contributed by atoms with E-state index >= 15 is 0 Å². The van der Waals surface area contributed by atoms with Crippen LogP contribution in [0.4, 0.5) is 8.78 Å². The molecule has 198 valence electrons. The van der Waals surface area contributed by atoms with Gasteiger partial charge in [0.05, 0.1) is 17.6 Å². The molecule has 1 atom stereocenters. The molecule has 1 saturated carbocycles. The van der Waals surface area contributed by atoms with Crippen molar-refractivity contribution >= 4 is 29.7 Å². The van der Waals surface area contributed by atoms with E-state index in [1.54, 1.807) is 39.2 Å². The van der Waals surface area contributed by atoms with E-state index in [0.717, 1.165) is 19.0 Å². The van der Waals surface area contributed by atoms with Gasteiger partial charge >= 0.3 is 0 Å². The maximum Gasteiger partial charge on any atom is 0.277 e. The van der Waals surface area contributed by atoms with Crippen molar-refractivity contribution in [3.63, 3.8) is 0 Å². The number of aromatic nitrogens is 4. The second kappa shape index (κ2) is 10.9. The highest BCUT2D eigenvalue weighted by Crippen LogP contribution is 2.44. The molecule has 8 nitrogen and oxygen atoms in total. The number of ether oxygens (including phenoxy) is 1. The van der Waals surface area contributed by atoms with Crippen molar-refractivity contribution in [1.82, 2.24) is 19.5 Å². The predicted octanol–water partition coefficient (Wildman–Crippen LogP) is 5.07. The summed E-state index contributed by atoms with van der Waals surface area (Å²) in [6.07, 6.45) is 7.38. The molecule has 0 saturated heterocycles. The van der Waals surface area contributed by atoms with Crippen molar-refractivity contribution < 1.29 is 18.6 Å². The maximum atomic E-state index is 13.8. The molecule has 38 heavy (non-hydrogen) atoms. The molecule has 0 radical (unpaired) electrons. The Morgan fingerprint density at radius 1 is 1.37 bits per heavy atom. The molecule has 3 heterocycles. The normalized spacial score (nSPS) is 15.5. The summed E-state index contributed by atoms with van der Waals surface area (Å²) in [5.74, 6) is -1.15. The van der Waals surface area contributed by atoms with Crippen LogP contribution in [0.1, 0.15) is 49.6 Å². The van der Waals surface area contributed by atoms with E-state index in [1.807, 2.05) is 0 Å². The third-order valence-electron chi connectivity index (χ3n) is 6.12. The van der Waals surface area contributed by atoms with Crippen LogP contribution in [0.15, 0.2) is 52.5 Å². The molecule has 0 spiro atoms. The first-order chi connectivity index (χ1) is 18.0. The number of halogens is 3. The van der Waals surface area contributed by atoms with Crippen LogP contribution >= 0.6 is 11.6 Å². The SMILES string of the molecule is C=C(N=C/C(C)=C/n1c(C)cc(OCc2ncc(F)cc2F)c(Cl)c1=O)c1ccnc([C@@](C)(O)C2CC2)n1. The van der Waals surface area contributed by atoms with Crippen LogP contribution in [0, 0.1) is 24.5 Å². The molecule has 3 aromatic heterocycles. The first-order valence-corrected chi connectivity index (χ1v) is 12.2. The molecule has 1 aliphatic rings. The Hall–Kier alpha value is -3.76. The summed E-state index contributed by atoms with van der Waals surface area (Å²) in [6, 6.07) is 3.88. The minimum absolute atomic E-state index is 0.0469. The van der Waals surface area contributed by atoms with Gasteiger partial charge < -0.3 is 9.84 Å². The van der Waals surface area contributed by atoms with Gasteiger partial charge in [0.15, 0.2) is 11.6 Å². The molecule has 4 rings (SSSR count). The number of hydrogen-bond acceptors (Lipinski definition) is 7. The van der Waals surface area contributed by atoms with Gasteiger partial charge in [0, 0.05) is 36.4 Å². The molecule has 1 fully saturated rings. The number of pyridine rings is 2. The van der Waals surface area contributed by atoms with Gasteiger partial charge in [0.2, 0.25) is 0 Å². The summed E-state index contributed by atoms with van der Waals surface area (Å²) in [6.45, 7) is 8.74. The molecule has 1 N–H and O–H groups in total. The molecule has 0 aliphatic heterocycles. The van der Waals surface area contributed by atoms with E-state index in [0.29, 0.717) is 34.5 Å². The van der Waals surface area contributed by atoms with Crippen molar-refractivity contribution in [3.05, 3.63) is 92.7 Å². The van der Waals surface area contributed by atoms with Gasteiger partial charge in [-0.25, -0.2) is 18.7 Å². The fraction of sp³-hybridized carbons (Fsp3) is 0.296. The number of allylic oxidation sites excluding steroid dienone is 1. The van der Waals surface area contributed by atoms with Gasteiger partial charge in [-0.05, 0) is 51.2 Å². The summed E-state index contributed by atoms with van der Waals surface area (Å²) in [4.78, 5) is 29.5. The topological polar surface area (TPSA) is 102 Å². The molecule has 0 amide bonds. The van der Waals surface area contributed by atoms with Crippen LogP contribution < -0.4 is 10.3 Å². The smallest absolute Gasteiger partial charge is 0.277 e. The number of rotatable bonds is 9. The Bertz CT molecular complexity index is 1510. The van der Waals surface area contributed by atoms with Crippen LogP contribution in [0.25, 0.3) is 11.9 Å². The molecule has 1 aliphatic carbocycles. The molecule has 0 bridgehead atoms. The van der Waals surface area contributed by atoms with Crippen molar-refractivity contribution in [2.45, 2.75) is 45.8 Å². The lowest BCUT2D eigenvalue weighted by Gasteiger charge is -2.21. The van der Waals surface area contributed by atoms with Crippen LogP contribution in [0.2, 0.25) is 5.02 Å². The average molecular weight is 542 g/mol. The lowest BCUT2D eigenvalue weighted by atomic mass is 9.99. The number of aliphatic hydroxyl groups is 1. The molecule has 11 heteroatoms. The lowest BCUT2D eigenvalue weighted by Crippen LogP contribution is -2.27. The summed E-state index contributed by atoms with van der Waals surface area (Å²) >= 11 is 6.23. The quantitative estimate of drug-likeness (QED) is 0.379. The van der Waals surface area contributed by atoms with Crippen LogP contribution in [-0.4, -0.2) is 30.8 Å². The monoisotopic (exact) mass is 541 g/mol. The summed E-state index contributed by atoms with van der Waals surface area (Å²) < 4.78 is 33.7. The van der Waals surface area contributed by atoms with Crippen LogP contribution in [-0.2, 0) is 12.2 Å². The Kier molecular flexibility index (Phi) is 7.84. The van der Waals surface area contributed by atoms with Crippen molar-refractivity contribution in [2.75, 3.05) is 0 Å². The molecule has 0 aromatic carbocycles. The van der Waals surface area contributed by atoms with Crippen LogP contribution in [0.5, 0.6) is 5.75 Å². The Labute approximate surface area is 223 Å². The molecule has 0 unspecified atom stereocenters. The third kappa shape index (κ3) is 6.03. The fourth-order valence-electron chi connectivity index (χ4n) is 3.73. The third-order valence-corrected chi connectivity index (χ3v) is 6.47. The highest BCUT2D eigenvalue weighted by atomic mass is 35.5. The van der Waals surface area contributed by atoms with E-state index in [4.69, 9.17) is 16.3 Å². The summed E-state index contributed by atoms with van der Waals surface area (Å²) in [5, 5.41) is 10.5. The minimum Gasteiger partial charge on any atom is -0.485 e. The highest BCUT2D eigenvalue weighted by molar-refractivity contribution is 6.31. The number of aliphatic imine (C=N–C) groups is 1.